The van der Waals surface area contributed by atoms with E-state index < -0.39 is 17.7 Å². The Morgan fingerprint density at radius 1 is 1.31 bits per heavy atom. The number of nitrogens with one attached hydrogen (secondary N) is 2. The molecule has 0 aromatic heterocycles. The molecule has 1 aromatic rings. The van der Waals surface area contributed by atoms with E-state index in [9.17, 15) is 13.6 Å². The van der Waals surface area contributed by atoms with Gasteiger partial charge < -0.3 is 10.6 Å². The van der Waals surface area contributed by atoms with Crippen molar-refractivity contribution in [1.82, 2.24) is 5.32 Å². The van der Waals surface area contributed by atoms with Gasteiger partial charge >= 0.3 is 6.03 Å². The number of aryl methyl sites for hydroxylation is 1. The Kier molecular flexibility index (Phi) is 2.77. The molecule has 2 amide bonds. The highest BCUT2D eigenvalue weighted by molar-refractivity contribution is 5.89. The van der Waals surface area contributed by atoms with Crippen LogP contribution in [0.2, 0.25) is 0 Å². The van der Waals surface area contributed by atoms with Crippen molar-refractivity contribution in [2.75, 3.05) is 5.32 Å². The molecule has 0 heterocycles. The van der Waals surface area contributed by atoms with Gasteiger partial charge in [-0.1, -0.05) is 0 Å². The summed E-state index contributed by atoms with van der Waals surface area (Å²) in [5, 5.41) is 4.91. The Morgan fingerprint density at radius 2 is 2.00 bits per heavy atom. The number of carbonyl (C=O) groups excluding carboxylic acids is 1. The smallest absolute Gasteiger partial charge is 0.319 e. The molecule has 0 spiro atoms. The number of anilines is 1. The van der Waals surface area contributed by atoms with Gasteiger partial charge in [0.25, 0.3) is 0 Å². The van der Waals surface area contributed by atoms with Crippen molar-refractivity contribution in [1.29, 1.82) is 0 Å². The number of hydrogen-bond donors (Lipinski definition) is 2. The molecule has 1 saturated carbocycles. The highest BCUT2D eigenvalue weighted by atomic mass is 19.1. The van der Waals surface area contributed by atoms with Gasteiger partial charge in [0.05, 0.1) is 5.69 Å². The second-order valence-electron chi connectivity index (χ2n) is 3.95. The lowest BCUT2D eigenvalue weighted by Crippen LogP contribution is -2.30. The van der Waals surface area contributed by atoms with Crippen LogP contribution in [-0.2, 0) is 0 Å². The summed E-state index contributed by atoms with van der Waals surface area (Å²) in [6.07, 6.45) is 1.89. The average Bonchev–Trinajstić information content (AvgIpc) is 2.98. The summed E-state index contributed by atoms with van der Waals surface area (Å²) in [6, 6.07) is 1.72. The van der Waals surface area contributed by atoms with Crippen LogP contribution in [0.5, 0.6) is 0 Å². The zero-order valence-corrected chi connectivity index (χ0v) is 8.81. The Labute approximate surface area is 91.8 Å². The van der Waals surface area contributed by atoms with Gasteiger partial charge in [-0.15, -0.1) is 0 Å². The van der Waals surface area contributed by atoms with Gasteiger partial charge in [0, 0.05) is 12.1 Å². The van der Waals surface area contributed by atoms with Gasteiger partial charge in [-0.3, -0.25) is 0 Å². The second-order valence-corrected chi connectivity index (χ2v) is 3.95. The average molecular weight is 226 g/mol. The summed E-state index contributed by atoms with van der Waals surface area (Å²) in [7, 11) is 0. The third-order valence-electron chi connectivity index (χ3n) is 2.41. The van der Waals surface area contributed by atoms with E-state index >= 15 is 0 Å². The van der Waals surface area contributed by atoms with Gasteiger partial charge in [-0.05, 0) is 31.4 Å². The zero-order chi connectivity index (χ0) is 11.7. The van der Waals surface area contributed by atoms with Crippen LogP contribution < -0.4 is 10.6 Å². The number of halogens is 2. The number of carbonyl (C=O) groups is 1. The highest BCUT2D eigenvalue weighted by Gasteiger charge is 2.23. The van der Waals surface area contributed by atoms with Gasteiger partial charge in [-0.25, -0.2) is 13.6 Å². The molecular formula is C11H12F2N2O. The molecule has 1 aliphatic carbocycles. The van der Waals surface area contributed by atoms with E-state index in [1.165, 1.54) is 6.92 Å². The topological polar surface area (TPSA) is 41.1 Å². The first-order valence-electron chi connectivity index (χ1n) is 5.09. The highest BCUT2D eigenvalue weighted by Crippen LogP contribution is 2.21. The fourth-order valence-electron chi connectivity index (χ4n) is 1.31. The lowest BCUT2D eigenvalue weighted by Gasteiger charge is -2.08. The molecule has 2 N–H and O–H groups in total. The maximum atomic E-state index is 13.3. The van der Waals surface area contributed by atoms with Gasteiger partial charge in [-0.2, -0.15) is 0 Å². The quantitative estimate of drug-likeness (QED) is 0.799. The Bertz CT molecular complexity index is 430. The van der Waals surface area contributed by atoms with Crippen molar-refractivity contribution in [3.8, 4) is 0 Å². The number of amides is 2. The summed E-state index contributed by atoms with van der Waals surface area (Å²) in [5.74, 6) is -1.17. The number of urea groups is 1. The number of benzene rings is 1. The third-order valence-corrected chi connectivity index (χ3v) is 2.41. The van der Waals surface area contributed by atoms with Crippen LogP contribution in [0.4, 0.5) is 19.3 Å². The normalized spacial score (nSPS) is 14.7. The summed E-state index contributed by atoms with van der Waals surface area (Å²) in [4.78, 5) is 11.3. The molecular weight excluding hydrogens is 214 g/mol. The molecule has 0 bridgehead atoms. The minimum Gasteiger partial charge on any atom is -0.335 e. The molecule has 1 aliphatic rings. The third kappa shape index (κ3) is 2.48. The molecule has 5 heteroatoms. The minimum atomic E-state index is -0.634. The van der Waals surface area contributed by atoms with Crippen molar-refractivity contribution >= 4 is 11.7 Å². The monoisotopic (exact) mass is 226 g/mol. The van der Waals surface area contributed by atoms with Crippen molar-refractivity contribution in [2.45, 2.75) is 25.8 Å². The predicted octanol–water partition coefficient (Wildman–Crippen LogP) is 2.56. The Morgan fingerprint density at radius 3 is 2.62 bits per heavy atom. The SMILES string of the molecule is Cc1cc(F)c(NC(=O)NC2CC2)cc1F. The van der Waals surface area contributed by atoms with Gasteiger partial charge in [0.15, 0.2) is 0 Å². The molecule has 1 aromatic carbocycles. The molecule has 0 aliphatic heterocycles. The minimum absolute atomic E-state index is 0.138. The molecule has 0 radical (unpaired) electrons. The molecule has 3 nitrogen and oxygen atoms in total. The van der Waals surface area contributed by atoms with Crippen molar-refractivity contribution in [3.63, 3.8) is 0 Å². The maximum absolute atomic E-state index is 13.3. The summed E-state index contributed by atoms with van der Waals surface area (Å²) < 4.78 is 26.5. The second kappa shape index (κ2) is 4.08. The Balaban J connectivity index is 2.07. The fraction of sp³-hybridized carbons (Fsp3) is 0.364. The van der Waals surface area contributed by atoms with Crippen LogP contribution in [0.1, 0.15) is 18.4 Å². The number of hydrogen-bond acceptors (Lipinski definition) is 1. The van der Waals surface area contributed by atoms with E-state index in [4.69, 9.17) is 0 Å². The maximum Gasteiger partial charge on any atom is 0.319 e. The zero-order valence-electron chi connectivity index (χ0n) is 8.81. The summed E-state index contributed by atoms with van der Waals surface area (Å²) in [5.41, 5.74) is 0.0758. The lowest BCUT2D eigenvalue weighted by atomic mass is 10.2. The van der Waals surface area contributed by atoms with E-state index in [2.05, 4.69) is 10.6 Å². The molecule has 2 rings (SSSR count). The standard InChI is InChI=1S/C11H12F2N2O/c1-6-4-9(13)10(5-8(6)12)15-11(16)14-7-2-3-7/h4-5,7H,2-3H2,1H3,(H2,14,15,16). The number of rotatable bonds is 2. The molecule has 86 valence electrons. The van der Waals surface area contributed by atoms with Crippen LogP contribution in [0.15, 0.2) is 12.1 Å². The van der Waals surface area contributed by atoms with E-state index in [0.717, 1.165) is 25.0 Å². The first kappa shape index (κ1) is 10.9. The van der Waals surface area contributed by atoms with Crippen LogP contribution in [-0.4, -0.2) is 12.1 Å². The largest absolute Gasteiger partial charge is 0.335 e. The first-order valence-corrected chi connectivity index (χ1v) is 5.09. The van der Waals surface area contributed by atoms with E-state index in [1.54, 1.807) is 0 Å². The summed E-state index contributed by atoms with van der Waals surface area (Å²) in [6.45, 7) is 1.46. The van der Waals surface area contributed by atoms with Crippen molar-refractivity contribution in [3.05, 3.63) is 29.3 Å². The molecule has 16 heavy (non-hydrogen) atoms. The molecule has 0 unspecified atom stereocenters. The predicted molar refractivity (Wildman–Crippen MR) is 56.3 cm³/mol. The fourth-order valence-corrected chi connectivity index (χ4v) is 1.31. The van der Waals surface area contributed by atoms with Crippen molar-refractivity contribution in [2.24, 2.45) is 0 Å². The van der Waals surface area contributed by atoms with E-state index in [0.29, 0.717) is 0 Å². The van der Waals surface area contributed by atoms with Crippen LogP contribution >= 0.6 is 0 Å². The van der Waals surface area contributed by atoms with E-state index in [-0.39, 0.29) is 17.3 Å². The Hall–Kier alpha value is -1.65. The molecule has 1 fully saturated rings. The van der Waals surface area contributed by atoms with Gasteiger partial charge in [0.1, 0.15) is 11.6 Å². The van der Waals surface area contributed by atoms with E-state index in [1.807, 2.05) is 0 Å². The van der Waals surface area contributed by atoms with Crippen LogP contribution in [0.25, 0.3) is 0 Å². The van der Waals surface area contributed by atoms with Crippen molar-refractivity contribution < 1.29 is 13.6 Å². The first-order chi connectivity index (χ1) is 7.56. The summed E-state index contributed by atoms with van der Waals surface area (Å²) >= 11 is 0. The molecule has 0 atom stereocenters. The lowest BCUT2D eigenvalue weighted by molar-refractivity contribution is 0.251. The molecule has 0 saturated heterocycles. The van der Waals surface area contributed by atoms with Crippen LogP contribution in [0.3, 0.4) is 0 Å². The van der Waals surface area contributed by atoms with Gasteiger partial charge in [0.2, 0.25) is 0 Å². The van der Waals surface area contributed by atoms with Crippen LogP contribution in [0, 0.1) is 18.6 Å².